The van der Waals surface area contributed by atoms with Crippen molar-refractivity contribution in [1.29, 1.82) is 0 Å². The molecule has 0 aliphatic rings. The molecule has 0 saturated heterocycles. The summed E-state index contributed by atoms with van der Waals surface area (Å²) < 4.78 is 10.8. The quantitative estimate of drug-likeness (QED) is 0.555. The van der Waals surface area contributed by atoms with Crippen LogP contribution < -0.4 is 0 Å². The first-order valence-corrected chi connectivity index (χ1v) is 8.29. The maximum Gasteiger partial charge on any atom is 0.310 e. The van der Waals surface area contributed by atoms with Gasteiger partial charge in [-0.1, -0.05) is 35.9 Å². The van der Waals surface area contributed by atoms with Gasteiger partial charge in [-0.15, -0.1) is 10.2 Å². The highest BCUT2D eigenvalue weighted by molar-refractivity contribution is 5.87. The van der Waals surface area contributed by atoms with Crippen molar-refractivity contribution in [3.63, 3.8) is 0 Å². The normalized spacial score (nSPS) is 11.0. The molecule has 4 aromatic rings. The Bertz CT molecular complexity index is 1060. The number of rotatable bonds is 5. The largest absolute Gasteiger partial charge is 0.455 e. The molecular weight excluding hydrogens is 330 g/mol. The number of nitrogens with one attached hydrogen (secondary N) is 1. The monoisotopic (exact) mass is 347 g/mol. The molecule has 1 N–H and O–H groups in total. The first kappa shape index (κ1) is 16.1. The smallest absolute Gasteiger partial charge is 0.310 e. The SMILES string of the molecule is Cc1cccc(-c2nnc(COC(=O)Cc3c[nH]c4ccccc34)o2)c1. The molecule has 4 rings (SSSR count). The number of nitrogens with zero attached hydrogens (tertiary/aromatic N) is 2. The molecule has 0 unspecified atom stereocenters. The molecule has 0 aliphatic heterocycles. The van der Waals surface area contributed by atoms with Crippen molar-refractivity contribution in [2.75, 3.05) is 0 Å². The van der Waals surface area contributed by atoms with Crippen LogP contribution in [0.3, 0.4) is 0 Å². The highest BCUT2D eigenvalue weighted by Gasteiger charge is 2.13. The van der Waals surface area contributed by atoms with Crippen molar-refractivity contribution >= 4 is 16.9 Å². The van der Waals surface area contributed by atoms with Crippen LogP contribution in [0.15, 0.2) is 59.1 Å². The first-order chi connectivity index (χ1) is 12.7. The fourth-order valence-corrected chi connectivity index (χ4v) is 2.83. The zero-order valence-electron chi connectivity index (χ0n) is 14.2. The second kappa shape index (κ2) is 6.84. The number of esters is 1. The molecule has 0 radical (unpaired) electrons. The number of carbonyl (C=O) groups is 1. The number of aryl methyl sites for hydroxylation is 1. The van der Waals surface area contributed by atoms with E-state index in [0.717, 1.165) is 27.6 Å². The molecule has 2 aromatic carbocycles. The Labute approximate surface area is 149 Å². The molecule has 0 atom stereocenters. The molecule has 6 heteroatoms. The van der Waals surface area contributed by atoms with Gasteiger partial charge in [0.15, 0.2) is 6.61 Å². The highest BCUT2D eigenvalue weighted by Crippen LogP contribution is 2.20. The Morgan fingerprint density at radius 3 is 2.92 bits per heavy atom. The summed E-state index contributed by atoms with van der Waals surface area (Å²) in [5.41, 5.74) is 3.84. The van der Waals surface area contributed by atoms with Gasteiger partial charge in [0.1, 0.15) is 0 Å². The van der Waals surface area contributed by atoms with Gasteiger partial charge in [-0.2, -0.15) is 0 Å². The van der Waals surface area contributed by atoms with E-state index in [4.69, 9.17) is 9.15 Å². The lowest BCUT2D eigenvalue weighted by molar-refractivity contribution is -0.144. The third-order valence-electron chi connectivity index (χ3n) is 4.10. The standard InChI is InChI=1S/C20H17N3O3/c1-13-5-4-6-14(9-13)20-23-22-18(26-20)12-25-19(24)10-15-11-21-17-8-3-2-7-16(15)17/h2-9,11,21H,10,12H2,1H3. The number of ether oxygens (including phenoxy) is 1. The van der Waals surface area contributed by atoms with Gasteiger partial charge in [0.2, 0.25) is 5.89 Å². The number of aromatic nitrogens is 3. The fourth-order valence-electron chi connectivity index (χ4n) is 2.83. The van der Waals surface area contributed by atoms with Crippen LogP contribution in [0.1, 0.15) is 17.0 Å². The van der Waals surface area contributed by atoms with Gasteiger partial charge in [-0.05, 0) is 30.7 Å². The second-order valence-corrected chi connectivity index (χ2v) is 6.07. The van der Waals surface area contributed by atoms with Gasteiger partial charge in [0.25, 0.3) is 5.89 Å². The molecule has 26 heavy (non-hydrogen) atoms. The third kappa shape index (κ3) is 3.35. The summed E-state index contributed by atoms with van der Waals surface area (Å²) in [6, 6.07) is 15.6. The predicted octanol–water partition coefficient (Wildman–Crippen LogP) is 3.81. The van der Waals surface area contributed by atoms with Crippen LogP contribution in [-0.2, 0) is 22.6 Å². The topological polar surface area (TPSA) is 81.0 Å². The Morgan fingerprint density at radius 2 is 2.04 bits per heavy atom. The summed E-state index contributed by atoms with van der Waals surface area (Å²) in [6.07, 6.45) is 2.01. The Kier molecular flexibility index (Phi) is 4.23. The van der Waals surface area contributed by atoms with E-state index in [1.807, 2.05) is 61.7 Å². The molecule has 0 fully saturated rings. The Morgan fingerprint density at radius 1 is 1.15 bits per heavy atom. The number of carbonyl (C=O) groups excluding carboxylic acids is 1. The van der Waals surface area contributed by atoms with E-state index >= 15 is 0 Å². The average molecular weight is 347 g/mol. The lowest BCUT2D eigenvalue weighted by atomic mass is 10.1. The van der Waals surface area contributed by atoms with Crippen LogP contribution in [0.5, 0.6) is 0 Å². The third-order valence-corrected chi connectivity index (χ3v) is 4.10. The van der Waals surface area contributed by atoms with E-state index in [-0.39, 0.29) is 24.9 Å². The van der Waals surface area contributed by atoms with Crippen LogP contribution >= 0.6 is 0 Å². The minimum atomic E-state index is -0.343. The minimum absolute atomic E-state index is 0.0417. The first-order valence-electron chi connectivity index (χ1n) is 8.29. The summed E-state index contributed by atoms with van der Waals surface area (Å²) >= 11 is 0. The maximum absolute atomic E-state index is 12.1. The Hall–Kier alpha value is -3.41. The molecule has 0 aliphatic carbocycles. The van der Waals surface area contributed by atoms with Crippen molar-refractivity contribution in [3.05, 3.63) is 71.7 Å². The molecule has 2 aromatic heterocycles. The van der Waals surface area contributed by atoms with E-state index < -0.39 is 0 Å². The summed E-state index contributed by atoms with van der Waals surface area (Å²) in [7, 11) is 0. The molecule has 0 saturated carbocycles. The van der Waals surface area contributed by atoms with E-state index in [2.05, 4.69) is 15.2 Å². The van der Waals surface area contributed by atoms with Gasteiger partial charge in [-0.3, -0.25) is 4.79 Å². The molecular formula is C20H17N3O3. The molecule has 0 amide bonds. The molecule has 130 valence electrons. The van der Waals surface area contributed by atoms with Crippen molar-refractivity contribution in [2.24, 2.45) is 0 Å². The van der Waals surface area contributed by atoms with Gasteiger partial charge < -0.3 is 14.1 Å². The molecule has 2 heterocycles. The van der Waals surface area contributed by atoms with Gasteiger partial charge in [0.05, 0.1) is 6.42 Å². The van der Waals surface area contributed by atoms with Crippen LogP contribution in [0.4, 0.5) is 0 Å². The predicted molar refractivity (Wildman–Crippen MR) is 96.3 cm³/mol. The van der Waals surface area contributed by atoms with Gasteiger partial charge in [0, 0.05) is 22.7 Å². The fraction of sp³-hybridized carbons (Fsp3) is 0.150. The lowest BCUT2D eigenvalue weighted by Gasteiger charge is -2.01. The van der Waals surface area contributed by atoms with Crippen molar-refractivity contribution in [2.45, 2.75) is 20.0 Å². The van der Waals surface area contributed by atoms with E-state index in [0.29, 0.717) is 5.89 Å². The van der Waals surface area contributed by atoms with Gasteiger partial charge >= 0.3 is 5.97 Å². The van der Waals surface area contributed by atoms with Crippen LogP contribution in [0.25, 0.3) is 22.4 Å². The lowest BCUT2D eigenvalue weighted by Crippen LogP contribution is -2.07. The number of benzene rings is 2. The van der Waals surface area contributed by atoms with E-state index in [9.17, 15) is 4.79 Å². The number of hydrogen-bond donors (Lipinski definition) is 1. The van der Waals surface area contributed by atoms with Crippen LogP contribution in [0.2, 0.25) is 0 Å². The summed E-state index contributed by atoms with van der Waals surface area (Å²) in [5.74, 6) is 0.343. The average Bonchev–Trinajstić information content (AvgIpc) is 3.28. The summed E-state index contributed by atoms with van der Waals surface area (Å²) in [4.78, 5) is 15.3. The summed E-state index contributed by atoms with van der Waals surface area (Å²) in [5, 5.41) is 8.97. The van der Waals surface area contributed by atoms with Crippen molar-refractivity contribution < 1.29 is 13.9 Å². The number of para-hydroxylation sites is 1. The minimum Gasteiger partial charge on any atom is -0.455 e. The number of aromatic amines is 1. The van der Waals surface area contributed by atoms with Crippen molar-refractivity contribution in [3.8, 4) is 11.5 Å². The van der Waals surface area contributed by atoms with E-state index in [1.54, 1.807) is 0 Å². The maximum atomic E-state index is 12.1. The highest BCUT2D eigenvalue weighted by atomic mass is 16.5. The molecule has 0 spiro atoms. The van der Waals surface area contributed by atoms with E-state index in [1.165, 1.54) is 0 Å². The Balaban J connectivity index is 1.39. The zero-order valence-corrected chi connectivity index (χ0v) is 14.2. The van der Waals surface area contributed by atoms with Gasteiger partial charge in [-0.25, -0.2) is 0 Å². The van der Waals surface area contributed by atoms with Crippen LogP contribution in [-0.4, -0.2) is 21.2 Å². The second-order valence-electron chi connectivity index (χ2n) is 6.07. The number of fused-ring (bicyclic) bond motifs is 1. The number of H-pyrrole nitrogens is 1. The summed E-state index contributed by atoms with van der Waals surface area (Å²) in [6.45, 7) is 1.95. The van der Waals surface area contributed by atoms with Crippen LogP contribution in [0, 0.1) is 6.92 Å². The molecule has 6 nitrogen and oxygen atoms in total. The van der Waals surface area contributed by atoms with Crippen molar-refractivity contribution in [1.82, 2.24) is 15.2 Å². The number of hydrogen-bond acceptors (Lipinski definition) is 5. The zero-order chi connectivity index (χ0) is 17.9. The molecule has 0 bridgehead atoms.